The van der Waals surface area contributed by atoms with Crippen LogP contribution in [0.5, 0.6) is 5.75 Å². The Labute approximate surface area is 151 Å². The van der Waals surface area contributed by atoms with Gasteiger partial charge in [-0.15, -0.1) is 10.2 Å². The third-order valence-electron chi connectivity index (χ3n) is 4.79. The van der Waals surface area contributed by atoms with Crippen LogP contribution in [0.15, 0.2) is 18.2 Å². The molecule has 3 rings (SSSR count). The highest BCUT2D eigenvalue weighted by atomic mass is 16.5. The van der Waals surface area contributed by atoms with Gasteiger partial charge in [0.1, 0.15) is 17.6 Å². The summed E-state index contributed by atoms with van der Waals surface area (Å²) in [4.78, 5) is 25.6. The predicted molar refractivity (Wildman–Crippen MR) is 92.8 cm³/mol. The van der Waals surface area contributed by atoms with Crippen molar-refractivity contribution >= 4 is 11.9 Å². The Morgan fingerprint density at radius 2 is 2.04 bits per heavy atom. The monoisotopic (exact) mass is 358 g/mol. The molecule has 0 radical (unpaired) electrons. The summed E-state index contributed by atoms with van der Waals surface area (Å²) in [5.41, 5.74) is 2.15. The van der Waals surface area contributed by atoms with Crippen LogP contribution in [-0.4, -0.2) is 49.3 Å². The number of carboxylic acids is 1. The number of aliphatic carboxylic acids is 1. The molecule has 1 amide bonds. The molecule has 26 heavy (non-hydrogen) atoms. The number of benzene rings is 1. The zero-order valence-electron chi connectivity index (χ0n) is 15.1. The quantitative estimate of drug-likeness (QED) is 0.869. The molecule has 0 spiro atoms. The molecule has 8 heteroatoms. The fraction of sp³-hybridized carbons (Fsp3) is 0.444. The first-order valence-corrected chi connectivity index (χ1v) is 8.48. The van der Waals surface area contributed by atoms with Crippen LogP contribution in [0.1, 0.15) is 29.2 Å². The Morgan fingerprint density at radius 1 is 1.27 bits per heavy atom. The van der Waals surface area contributed by atoms with Crippen molar-refractivity contribution in [1.82, 2.24) is 19.7 Å². The SMILES string of the molecule is Cc1cccc(OCCC(=O)N2Cc3nnc(C)n3CC2C(=O)O)c1C. The Balaban J connectivity index is 1.66. The van der Waals surface area contributed by atoms with Gasteiger partial charge in [0.2, 0.25) is 5.91 Å². The summed E-state index contributed by atoms with van der Waals surface area (Å²) in [5.74, 6) is 0.684. The van der Waals surface area contributed by atoms with Crippen LogP contribution in [-0.2, 0) is 22.7 Å². The van der Waals surface area contributed by atoms with E-state index in [0.29, 0.717) is 11.6 Å². The van der Waals surface area contributed by atoms with Gasteiger partial charge in [0.15, 0.2) is 5.82 Å². The predicted octanol–water partition coefficient (Wildman–Crippen LogP) is 1.47. The van der Waals surface area contributed by atoms with Crippen molar-refractivity contribution in [1.29, 1.82) is 0 Å². The second-order valence-electron chi connectivity index (χ2n) is 6.45. The Kier molecular flexibility index (Phi) is 4.92. The van der Waals surface area contributed by atoms with Crippen LogP contribution in [0, 0.1) is 20.8 Å². The molecule has 0 saturated heterocycles. The van der Waals surface area contributed by atoms with Crippen molar-refractivity contribution in [3.63, 3.8) is 0 Å². The average Bonchev–Trinajstić information content (AvgIpc) is 2.97. The number of carboxylic acid groups (broad SMARTS) is 1. The van der Waals surface area contributed by atoms with Gasteiger partial charge in [-0.2, -0.15) is 0 Å². The molecule has 1 aromatic carbocycles. The third kappa shape index (κ3) is 3.40. The van der Waals surface area contributed by atoms with E-state index in [2.05, 4.69) is 10.2 Å². The van der Waals surface area contributed by atoms with Gasteiger partial charge in [-0.1, -0.05) is 12.1 Å². The number of fused-ring (bicyclic) bond motifs is 1. The van der Waals surface area contributed by atoms with Crippen molar-refractivity contribution in [2.24, 2.45) is 0 Å². The minimum absolute atomic E-state index is 0.101. The molecular formula is C18H22N4O4. The maximum atomic E-state index is 12.6. The molecule has 1 atom stereocenters. The van der Waals surface area contributed by atoms with Crippen LogP contribution >= 0.6 is 0 Å². The number of carbonyl (C=O) groups is 2. The van der Waals surface area contributed by atoms with E-state index in [4.69, 9.17) is 4.74 Å². The number of aryl methyl sites for hydroxylation is 2. The van der Waals surface area contributed by atoms with Gasteiger partial charge in [0, 0.05) is 0 Å². The molecule has 2 aromatic rings. The zero-order chi connectivity index (χ0) is 18.8. The number of hydrogen-bond acceptors (Lipinski definition) is 5. The fourth-order valence-electron chi connectivity index (χ4n) is 3.06. The summed E-state index contributed by atoms with van der Waals surface area (Å²) in [6, 6.07) is 4.83. The first-order chi connectivity index (χ1) is 12.4. The van der Waals surface area contributed by atoms with Crippen LogP contribution in [0.3, 0.4) is 0 Å². The van der Waals surface area contributed by atoms with Crippen LogP contribution in [0.2, 0.25) is 0 Å². The molecule has 138 valence electrons. The molecule has 1 aliphatic rings. The molecule has 1 N–H and O–H groups in total. The minimum atomic E-state index is -1.03. The lowest BCUT2D eigenvalue weighted by Crippen LogP contribution is -2.51. The summed E-state index contributed by atoms with van der Waals surface area (Å²) < 4.78 is 7.47. The number of carbonyl (C=O) groups excluding carboxylic acids is 1. The maximum absolute atomic E-state index is 12.6. The molecule has 0 saturated carbocycles. The molecule has 1 aliphatic heterocycles. The van der Waals surface area contributed by atoms with Gasteiger partial charge in [-0.05, 0) is 38.0 Å². The van der Waals surface area contributed by atoms with Gasteiger partial charge in [0.25, 0.3) is 0 Å². The van der Waals surface area contributed by atoms with E-state index in [0.717, 1.165) is 16.9 Å². The number of hydrogen-bond donors (Lipinski definition) is 1. The first kappa shape index (κ1) is 17.9. The molecule has 0 aliphatic carbocycles. The number of rotatable bonds is 5. The van der Waals surface area contributed by atoms with Gasteiger partial charge >= 0.3 is 5.97 Å². The van der Waals surface area contributed by atoms with Crippen molar-refractivity contribution in [2.75, 3.05) is 6.61 Å². The molecule has 1 unspecified atom stereocenters. The number of amides is 1. The Morgan fingerprint density at radius 3 is 2.77 bits per heavy atom. The van der Waals surface area contributed by atoms with E-state index < -0.39 is 12.0 Å². The molecule has 2 heterocycles. The topological polar surface area (TPSA) is 97.5 Å². The van der Waals surface area contributed by atoms with Crippen molar-refractivity contribution in [2.45, 2.75) is 46.3 Å². The lowest BCUT2D eigenvalue weighted by molar-refractivity contribution is -0.153. The van der Waals surface area contributed by atoms with E-state index >= 15 is 0 Å². The molecule has 0 bridgehead atoms. The maximum Gasteiger partial charge on any atom is 0.328 e. The smallest absolute Gasteiger partial charge is 0.328 e. The second-order valence-corrected chi connectivity index (χ2v) is 6.45. The number of ether oxygens (including phenoxy) is 1. The van der Waals surface area contributed by atoms with Crippen molar-refractivity contribution in [3.05, 3.63) is 41.0 Å². The van der Waals surface area contributed by atoms with E-state index in [1.54, 1.807) is 11.5 Å². The molecule has 0 fully saturated rings. The van der Waals surface area contributed by atoms with Crippen LogP contribution in [0.25, 0.3) is 0 Å². The lowest BCUT2D eigenvalue weighted by Gasteiger charge is -2.33. The summed E-state index contributed by atoms with van der Waals surface area (Å²) in [6.07, 6.45) is 0.101. The van der Waals surface area contributed by atoms with Crippen molar-refractivity contribution < 1.29 is 19.4 Å². The normalized spacial score (nSPS) is 16.3. The second kappa shape index (κ2) is 7.15. The minimum Gasteiger partial charge on any atom is -0.493 e. The van der Waals surface area contributed by atoms with Gasteiger partial charge < -0.3 is 19.3 Å². The van der Waals surface area contributed by atoms with Crippen LogP contribution < -0.4 is 4.74 Å². The van der Waals surface area contributed by atoms with E-state index in [1.807, 2.05) is 32.0 Å². The van der Waals surface area contributed by atoms with Crippen LogP contribution in [0.4, 0.5) is 0 Å². The summed E-state index contributed by atoms with van der Waals surface area (Å²) in [5, 5.41) is 17.5. The summed E-state index contributed by atoms with van der Waals surface area (Å²) in [7, 11) is 0. The summed E-state index contributed by atoms with van der Waals surface area (Å²) >= 11 is 0. The molecular weight excluding hydrogens is 336 g/mol. The third-order valence-corrected chi connectivity index (χ3v) is 4.79. The fourth-order valence-corrected chi connectivity index (χ4v) is 3.06. The lowest BCUT2D eigenvalue weighted by atomic mass is 10.1. The van der Waals surface area contributed by atoms with E-state index in [9.17, 15) is 14.7 Å². The largest absolute Gasteiger partial charge is 0.493 e. The Bertz CT molecular complexity index is 846. The Hall–Kier alpha value is -2.90. The van der Waals surface area contributed by atoms with E-state index in [1.165, 1.54) is 4.90 Å². The van der Waals surface area contributed by atoms with Gasteiger partial charge in [0.05, 0.1) is 26.1 Å². The number of aromatic nitrogens is 3. The van der Waals surface area contributed by atoms with E-state index in [-0.39, 0.29) is 32.0 Å². The highest BCUT2D eigenvalue weighted by Crippen LogP contribution is 2.22. The first-order valence-electron chi connectivity index (χ1n) is 8.48. The highest BCUT2D eigenvalue weighted by molar-refractivity contribution is 5.84. The average molecular weight is 358 g/mol. The molecule has 1 aromatic heterocycles. The summed E-state index contributed by atoms with van der Waals surface area (Å²) in [6.45, 7) is 6.22. The zero-order valence-corrected chi connectivity index (χ0v) is 15.1. The highest BCUT2D eigenvalue weighted by Gasteiger charge is 2.36. The van der Waals surface area contributed by atoms with Gasteiger partial charge in [-0.3, -0.25) is 4.79 Å². The van der Waals surface area contributed by atoms with Gasteiger partial charge in [-0.25, -0.2) is 4.79 Å². The van der Waals surface area contributed by atoms with Crippen molar-refractivity contribution in [3.8, 4) is 5.75 Å². The molecule has 8 nitrogen and oxygen atoms in total. The number of nitrogens with zero attached hydrogens (tertiary/aromatic N) is 4. The standard InChI is InChI=1S/C18H22N4O4/c1-11-5-4-6-15(12(11)2)26-8-7-17(23)22-10-16-20-19-13(3)21(16)9-14(22)18(24)25/h4-6,14H,7-10H2,1-3H3,(H,24,25).